The summed E-state index contributed by atoms with van der Waals surface area (Å²) in [6, 6.07) is 6.73. The molecule has 1 aromatic rings. The molecule has 3 heteroatoms. The third-order valence-electron chi connectivity index (χ3n) is 3.26. The van der Waals surface area contributed by atoms with E-state index in [-0.39, 0.29) is 0 Å². The highest BCUT2D eigenvalue weighted by Crippen LogP contribution is 2.27. The SMILES string of the molecule is CCCN1Cc2cccc(N)c2NC[C@@H]1C. The minimum absolute atomic E-state index is 0.562. The van der Waals surface area contributed by atoms with Crippen LogP contribution in [0.2, 0.25) is 0 Å². The van der Waals surface area contributed by atoms with Crippen LogP contribution in [0.5, 0.6) is 0 Å². The molecule has 16 heavy (non-hydrogen) atoms. The van der Waals surface area contributed by atoms with Crippen molar-refractivity contribution in [2.45, 2.75) is 32.9 Å². The van der Waals surface area contributed by atoms with Gasteiger partial charge in [-0.25, -0.2) is 0 Å². The predicted molar refractivity (Wildman–Crippen MR) is 69.5 cm³/mol. The Kier molecular flexibility index (Phi) is 3.34. The first-order valence-electron chi connectivity index (χ1n) is 6.07. The third-order valence-corrected chi connectivity index (χ3v) is 3.26. The van der Waals surface area contributed by atoms with E-state index in [9.17, 15) is 0 Å². The summed E-state index contributed by atoms with van der Waals surface area (Å²) in [5, 5.41) is 3.46. The molecule has 1 atom stereocenters. The Morgan fingerprint density at radius 3 is 3.06 bits per heavy atom. The number of para-hydroxylation sites is 1. The molecule has 0 bridgehead atoms. The van der Waals surface area contributed by atoms with Crippen molar-refractivity contribution in [2.24, 2.45) is 0 Å². The third kappa shape index (κ3) is 2.14. The summed E-state index contributed by atoms with van der Waals surface area (Å²) in [4.78, 5) is 2.51. The van der Waals surface area contributed by atoms with Gasteiger partial charge in [-0.15, -0.1) is 0 Å². The first kappa shape index (κ1) is 11.3. The summed E-state index contributed by atoms with van der Waals surface area (Å²) >= 11 is 0. The highest BCUT2D eigenvalue weighted by atomic mass is 15.2. The van der Waals surface area contributed by atoms with E-state index in [1.807, 2.05) is 12.1 Å². The first-order valence-corrected chi connectivity index (χ1v) is 6.07. The lowest BCUT2D eigenvalue weighted by Crippen LogP contribution is -2.35. The van der Waals surface area contributed by atoms with Crippen molar-refractivity contribution in [3.05, 3.63) is 23.8 Å². The Bertz CT molecular complexity index is 362. The normalized spacial score (nSPS) is 21.0. The standard InChI is InChI=1S/C13H21N3/c1-3-7-16-9-11-5-4-6-12(14)13(11)15-8-10(16)2/h4-6,10,15H,3,7-9,14H2,1-2H3/t10-/m0/s1. The Balaban J connectivity index is 2.27. The summed E-state index contributed by atoms with van der Waals surface area (Å²) in [6.07, 6.45) is 1.20. The number of nitrogens with zero attached hydrogens (tertiary/aromatic N) is 1. The molecule has 0 aliphatic carbocycles. The second-order valence-corrected chi connectivity index (χ2v) is 4.58. The van der Waals surface area contributed by atoms with E-state index in [1.54, 1.807) is 0 Å². The molecule has 0 fully saturated rings. The number of hydrogen-bond donors (Lipinski definition) is 2. The van der Waals surface area contributed by atoms with Crippen LogP contribution in [0, 0.1) is 0 Å². The molecule has 0 amide bonds. The van der Waals surface area contributed by atoms with E-state index in [4.69, 9.17) is 5.73 Å². The van der Waals surface area contributed by atoms with Gasteiger partial charge in [-0.3, -0.25) is 4.90 Å². The van der Waals surface area contributed by atoms with Crippen LogP contribution in [0.3, 0.4) is 0 Å². The number of nitrogen functional groups attached to an aromatic ring is 1. The average molecular weight is 219 g/mol. The zero-order valence-corrected chi connectivity index (χ0v) is 10.2. The van der Waals surface area contributed by atoms with Gasteiger partial charge in [0.2, 0.25) is 0 Å². The van der Waals surface area contributed by atoms with Gasteiger partial charge in [-0.2, -0.15) is 0 Å². The maximum Gasteiger partial charge on any atom is 0.0620 e. The van der Waals surface area contributed by atoms with Crippen molar-refractivity contribution in [2.75, 3.05) is 24.1 Å². The number of benzene rings is 1. The molecule has 1 aromatic carbocycles. The van der Waals surface area contributed by atoms with Crippen molar-refractivity contribution in [1.29, 1.82) is 0 Å². The molecule has 1 aliphatic rings. The number of anilines is 2. The molecule has 0 spiro atoms. The van der Waals surface area contributed by atoms with Crippen LogP contribution < -0.4 is 11.1 Å². The van der Waals surface area contributed by atoms with Crippen LogP contribution in [0.1, 0.15) is 25.8 Å². The summed E-state index contributed by atoms with van der Waals surface area (Å²) in [7, 11) is 0. The number of nitrogens with one attached hydrogen (secondary N) is 1. The highest BCUT2D eigenvalue weighted by molar-refractivity contribution is 5.70. The van der Waals surface area contributed by atoms with Gasteiger partial charge in [0, 0.05) is 19.1 Å². The lowest BCUT2D eigenvalue weighted by Gasteiger charge is -2.25. The molecule has 3 N–H and O–H groups in total. The van der Waals surface area contributed by atoms with E-state index >= 15 is 0 Å². The molecule has 88 valence electrons. The molecule has 0 unspecified atom stereocenters. The minimum atomic E-state index is 0.562. The number of hydrogen-bond acceptors (Lipinski definition) is 3. The second-order valence-electron chi connectivity index (χ2n) is 4.58. The van der Waals surface area contributed by atoms with Crippen molar-refractivity contribution >= 4 is 11.4 Å². The van der Waals surface area contributed by atoms with E-state index in [2.05, 4.69) is 30.1 Å². The molecule has 1 aliphatic heterocycles. The van der Waals surface area contributed by atoms with Gasteiger partial charge in [-0.1, -0.05) is 19.1 Å². The Morgan fingerprint density at radius 2 is 2.31 bits per heavy atom. The Morgan fingerprint density at radius 1 is 1.50 bits per heavy atom. The van der Waals surface area contributed by atoms with Crippen LogP contribution in [0.4, 0.5) is 11.4 Å². The van der Waals surface area contributed by atoms with E-state index in [1.165, 1.54) is 12.0 Å². The minimum Gasteiger partial charge on any atom is -0.397 e. The van der Waals surface area contributed by atoms with Crippen LogP contribution in [-0.2, 0) is 6.54 Å². The van der Waals surface area contributed by atoms with Gasteiger partial charge in [0.05, 0.1) is 11.4 Å². The van der Waals surface area contributed by atoms with Crippen LogP contribution in [-0.4, -0.2) is 24.0 Å². The lowest BCUT2D eigenvalue weighted by atomic mass is 10.1. The zero-order chi connectivity index (χ0) is 11.5. The van der Waals surface area contributed by atoms with Crippen molar-refractivity contribution in [3.63, 3.8) is 0 Å². The average Bonchev–Trinajstić information content (AvgIpc) is 2.41. The van der Waals surface area contributed by atoms with Gasteiger partial charge in [0.25, 0.3) is 0 Å². The smallest absolute Gasteiger partial charge is 0.0620 e. The van der Waals surface area contributed by atoms with E-state index in [0.29, 0.717) is 6.04 Å². The molecule has 2 rings (SSSR count). The molecule has 1 heterocycles. The molecular weight excluding hydrogens is 198 g/mol. The molecule has 0 saturated carbocycles. The van der Waals surface area contributed by atoms with Gasteiger partial charge < -0.3 is 11.1 Å². The van der Waals surface area contributed by atoms with Gasteiger partial charge >= 0.3 is 0 Å². The quantitative estimate of drug-likeness (QED) is 0.750. The summed E-state index contributed by atoms with van der Waals surface area (Å²) in [6.45, 7) is 7.62. The number of nitrogens with two attached hydrogens (primary N) is 1. The lowest BCUT2D eigenvalue weighted by molar-refractivity contribution is 0.212. The second kappa shape index (κ2) is 4.74. The molecule has 0 aromatic heterocycles. The van der Waals surface area contributed by atoms with Gasteiger partial charge in [0.15, 0.2) is 0 Å². The topological polar surface area (TPSA) is 41.3 Å². The maximum atomic E-state index is 5.99. The van der Waals surface area contributed by atoms with Gasteiger partial charge in [0.1, 0.15) is 0 Å². The molecule has 0 radical (unpaired) electrons. The van der Waals surface area contributed by atoms with Crippen molar-refractivity contribution in [3.8, 4) is 0 Å². The first-order chi connectivity index (χ1) is 7.72. The van der Waals surface area contributed by atoms with Crippen molar-refractivity contribution in [1.82, 2.24) is 4.90 Å². The summed E-state index contributed by atoms with van der Waals surface area (Å²) in [5.74, 6) is 0. The number of rotatable bonds is 2. The maximum absolute atomic E-state index is 5.99. The van der Waals surface area contributed by atoms with Crippen LogP contribution >= 0.6 is 0 Å². The van der Waals surface area contributed by atoms with Crippen LogP contribution in [0.15, 0.2) is 18.2 Å². The monoisotopic (exact) mass is 219 g/mol. The fourth-order valence-corrected chi connectivity index (χ4v) is 2.31. The fraction of sp³-hybridized carbons (Fsp3) is 0.538. The fourth-order valence-electron chi connectivity index (χ4n) is 2.31. The van der Waals surface area contributed by atoms with E-state index in [0.717, 1.165) is 31.0 Å². The number of fused-ring (bicyclic) bond motifs is 1. The van der Waals surface area contributed by atoms with Crippen LogP contribution in [0.25, 0.3) is 0 Å². The largest absolute Gasteiger partial charge is 0.397 e. The zero-order valence-electron chi connectivity index (χ0n) is 10.2. The summed E-state index contributed by atoms with van der Waals surface area (Å²) < 4.78 is 0. The molecular formula is C13H21N3. The predicted octanol–water partition coefficient (Wildman–Crippen LogP) is 2.29. The Labute approximate surface area is 97.6 Å². The molecule has 0 saturated heterocycles. The molecule has 3 nitrogen and oxygen atoms in total. The van der Waals surface area contributed by atoms with Gasteiger partial charge in [-0.05, 0) is 31.5 Å². The highest BCUT2D eigenvalue weighted by Gasteiger charge is 2.20. The van der Waals surface area contributed by atoms with E-state index < -0.39 is 0 Å². The summed E-state index contributed by atoms with van der Waals surface area (Å²) in [5.41, 5.74) is 9.31. The Hall–Kier alpha value is -1.22. The van der Waals surface area contributed by atoms with Crippen molar-refractivity contribution < 1.29 is 0 Å².